The zero-order valence-corrected chi connectivity index (χ0v) is 20.4. The minimum absolute atomic E-state index is 0. The maximum atomic E-state index is 11.4. The normalized spacial score (nSPS) is 53.9. The Morgan fingerprint density at radius 1 is 1.07 bits per heavy atom. The predicted octanol–water partition coefficient (Wildman–Crippen LogP) is 0.341. The largest absolute Gasteiger partial charge is 1.00 e. The van der Waals surface area contributed by atoms with Crippen LogP contribution in [0.2, 0.25) is 0 Å². The maximum absolute atomic E-state index is 11.4. The number of fused-ring (bicyclic) bond motifs is 5. The molecular formula is C20H33NaO5S. The zero-order chi connectivity index (χ0) is 19.3. The topological polar surface area (TPSA) is 86.7 Å². The van der Waals surface area contributed by atoms with Crippen molar-refractivity contribution in [2.24, 2.45) is 45.8 Å². The van der Waals surface area contributed by atoms with E-state index in [-0.39, 0.29) is 51.9 Å². The van der Waals surface area contributed by atoms with E-state index in [1.54, 1.807) is 0 Å². The van der Waals surface area contributed by atoms with Gasteiger partial charge >= 0.3 is 29.6 Å². The van der Waals surface area contributed by atoms with Crippen LogP contribution in [0.3, 0.4) is 0 Å². The van der Waals surface area contributed by atoms with Gasteiger partial charge < -0.3 is 9.66 Å². The van der Waals surface area contributed by atoms with Crippen LogP contribution in [-0.2, 0) is 14.6 Å². The molecule has 7 heteroatoms. The number of hydrogen-bond donors (Lipinski definition) is 1. The van der Waals surface area contributed by atoms with Crippen LogP contribution in [0.25, 0.3) is 0 Å². The molecule has 0 heterocycles. The van der Waals surface area contributed by atoms with Gasteiger partial charge in [-0.3, -0.25) is 4.18 Å². The summed E-state index contributed by atoms with van der Waals surface area (Å²) in [5.41, 5.74) is -0.154. The van der Waals surface area contributed by atoms with Gasteiger partial charge in [-0.1, -0.05) is 34.6 Å². The van der Waals surface area contributed by atoms with Crippen LogP contribution >= 0.6 is 0 Å². The summed E-state index contributed by atoms with van der Waals surface area (Å²) >= 11 is 0. The Labute approximate surface area is 186 Å². The molecule has 4 aliphatic rings. The quantitative estimate of drug-likeness (QED) is 0.413. The van der Waals surface area contributed by atoms with Crippen LogP contribution in [-0.4, -0.2) is 30.3 Å². The molecule has 0 aromatic carbocycles. The van der Waals surface area contributed by atoms with Gasteiger partial charge in [0.15, 0.2) is 0 Å². The van der Waals surface area contributed by atoms with Crippen molar-refractivity contribution in [2.75, 3.05) is 0 Å². The van der Waals surface area contributed by atoms with Gasteiger partial charge in [0.1, 0.15) is 0 Å². The second-order valence-corrected chi connectivity index (χ2v) is 11.9. The molecule has 0 aromatic rings. The molecule has 0 amide bonds. The fourth-order valence-electron chi connectivity index (χ4n) is 7.49. The van der Waals surface area contributed by atoms with Crippen LogP contribution in [0, 0.1) is 45.8 Å². The molecule has 4 rings (SSSR count). The van der Waals surface area contributed by atoms with E-state index in [0.29, 0.717) is 36.0 Å². The monoisotopic (exact) mass is 408 g/mol. The molecule has 4 saturated carbocycles. The van der Waals surface area contributed by atoms with E-state index >= 15 is 0 Å². The Hall–Kier alpha value is 0.830. The van der Waals surface area contributed by atoms with E-state index in [9.17, 15) is 18.1 Å². The molecule has 0 spiro atoms. The molecule has 150 valence electrons. The first-order valence-corrected chi connectivity index (χ1v) is 11.5. The first kappa shape index (κ1) is 22.5. The van der Waals surface area contributed by atoms with Crippen molar-refractivity contribution >= 4 is 10.4 Å². The molecule has 1 N–H and O–H groups in total. The van der Waals surface area contributed by atoms with Crippen molar-refractivity contribution in [1.82, 2.24) is 0 Å². The van der Waals surface area contributed by atoms with Crippen LogP contribution < -0.4 is 29.6 Å². The van der Waals surface area contributed by atoms with Crippen LogP contribution in [0.15, 0.2) is 0 Å². The van der Waals surface area contributed by atoms with E-state index in [0.717, 1.165) is 25.7 Å². The van der Waals surface area contributed by atoms with Crippen molar-refractivity contribution < 1.29 is 51.8 Å². The molecule has 0 aromatic heterocycles. The first-order valence-electron chi connectivity index (χ1n) is 10.1. The summed E-state index contributed by atoms with van der Waals surface area (Å²) in [5.74, 6) is 2.11. The summed E-state index contributed by atoms with van der Waals surface area (Å²) in [6.07, 6.45) is 3.65. The molecule has 9 atom stereocenters. The number of aliphatic hydroxyl groups excluding tert-OH is 1. The van der Waals surface area contributed by atoms with Gasteiger partial charge in [-0.05, 0) is 77.9 Å². The van der Waals surface area contributed by atoms with E-state index in [1.165, 1.54) is 0 Å². The molecule has 0 saturated heterocycles. The van der Waals surface area contributed by atoms with Gasteiger partial charge in [-0.15, -0.1) is 0 Å². The third-order valence-corrected chi connectivity index (χ3v) is 9.63. The van der Waals surface area contributed by atoms with Crippen molar-refractivity contribution in [3.63, 3.8) is 0 Å². The van der Waals surface area contributed by atoms with E-state index < -0.39 is 16.5 Å². The summed E-state index contributed by atoms with van der Waals surface area (Å²) in [4.78, 5) is 0. The van der Waals surface area contributed by atoms with Crippen LogP contribution in [0.1, 0.15) is 66.7 Å². The molecular weight excluding hydrogens is 375 g/mol. The average molecular weight is 409 g/mol. The van der Waals surface area contributed by atoms with E-state index in [4.69, 9.17) is 4.18 Å². The second-order valence-electron chi connectivity index (χ2n) is 10.9. The molecule has 4 aliphatic carbocycles. The molecule has 0 aliphatic heterocycles. The average Bonchev–Trinajstić information content (AvgIpc) is 3.09. The Bertz CT molecular complexity index is 711. The maximum Gasteiger partial charge on any atom is 1.00 e. The van der Waals surface area contributed by atoms with Gasteiger partial charge in [-0.25, -0.2) is 8.42 Å². The van der Waals surface area contributed by atoms with Gasteiger partial charge in [0.05, 0.1) is 12.2 Å². The van der Waals surface area contributed by atoms with E-state index in [1.807, 2.05) is 0 Å². The standard InChI is InChI=1S/C20H34O5S.Na/c1-11(2)12-8-15(25-26(22,23)24)19(4)7-6-18(3)10-14(21)20(5)9-13(20)17(18)16(12)19;/h11-17,21H,6-10H2,1-5H3,(H,22,23,24);/q;+1/p-1/t12-,13+,14-,15-,16-,17-,18+,19+,20+;/m1./s1. The van der Waals surface area contributed by atoms with Gasteiger partial charge in [0.25, 0.3) is 0 Å². The van der Waals surface area contributed by atoms with Crippen molar-refractivity contribution in [3.8, 4) is 0 Å². The van der Waals surface area contributed by atoms with Crippen molar-refractivity contribution in [2.45, 2.75) is 78.9 Å². The summed E-state index contributed by atoms with van der Waals surface area (Å²) in [5, 5.41) is 10.7. The van der Waals surface area contributed by atoms with Gasteiger partial charge in [-0.2, -0.15) is 0 Å². The SMILES string of the molecule is CC(C)[C@H]1C[C@@H](OS(=O)(=O)[O-])[C@]2(C)CC[C@@]3(C)C[C@@H](O)[C@@]4(C)C[C@H]4[C@@H]3[C@@H]12.[Na+]. The molecule has 27 heavy (non-hydrogen) atoms. The van der Waals surface area contributed by atoms with Crippen LogP contribution in [0.4, 0.5) is 0 Å². The molecule has 0 unspecified atom stereocenters. The first-order chi connectivity index (χ1) is 11.8. The fourth-order valence-corrected chi connectivity index (χ4v) is 8.07. The van der Waals surface area contributed by atoms with Gasteiger partial charge in [0.2, 0.25) is 10.4 Å². The van der Waals surface area contributed by atoms with Crippen molar-refractivity contribution in [3.05, 3.63) is 0 Å². The number of hydrogen-bond acceptors (Lipinski definition) is 5. The summed E-state index contributed by atoms with van der Waals surface area (Å²) in [6, 6.07) is 0. The third kappa shape index (κ3) is 3.30. The Kier molecular flexibility index (Phi) is 5.56. The molecule has 0 radical (unpaired) electrons. The van der Waals surface area contributed by atoms with Gasteiger partial charge in [0, 0.05) is 0 Å². The third-order valence-electron chi connectivity index (χ3n) is 9.16. The van der Waals surface area contributed by atoms with E-state index in [2.05, 4.69) is 34.6 Å². The number of aliphatic hydroxyl groups is 1. The second kappa shape index (κ2) is 6.66. The van der Waals surface area contributed by atoms with Crippen LogP contribution in [0.5, 0.6) is 0 Å². The molecule has 4 fully saturated rings. The summed E-state index contributed by atoms with van der Waals surface area (Å²) in [6.45, 7) is 11.1. The Balaban J connectivity index is 0.00000210. The Morgan fingerprint density at radius 2 is 1.70 bits per heavy atom. The van der Waals surface area contributed by atoms with Crippen molar-refractivity contribution in [1.29, 1.82) is 0 Å². The minimum atomic E-state index is -4.70. The molecule has 0 bridgehead atoms. The number of rotatable bonds is 3. The predicted molar refractivity (Wildman–Crippen MR) is 96.8 cm³/mol. The Morgan fingerprint density at radius 3 is 2.26 bits per heavy atom. The molecule has 5 nitrogen and oxygen atoms in total. The minimum Gasteiger partial charge on any atom is -0.726 e. The summed E-state index contributed by atoms with van der Waals surface area (Å²) in [7, 11) is -4.70. The zero-order valence-electron chi connectivity index (χ0n) is 17.6. The summed E-state index contributed by atoms with van der Waals surface area (Å²) < 4.78 is 39.3. The smallest absolute Gasteiger partial charge is 0.726 e. The fraction of sp³-hybridized carbons (Fsp3) is 1.00.